The van der Waals surface area contributed by atoms with Crippen LogP contribution in [0.3, 0.4) is 0 Å². The van der Waals surface area contributed by atoms with Gasteiger partial charge in [-0.2, -0.15) is 0 Å². The normalized spacial score (nSPS) is 11.9. The molecule has 2 aromatic rings. The summed E-state index contributed by atoms with van der Waals surface area (Å²) in [6.07, 6.45) is 2.22. The molecule has 0 bridgehead atoms. The molecule has 1 aromatic heterocycles. The summed E-state index contributed by atoms with van der Waals surface area (Å²) < 4.78 is 1.25. The molecule has 1 aromatic carbocycles. The molecule has 2 nitrogen and oxygen atoms in total. The molecule has 0 spiro atoms. The Morgan fingerprint density at radius 2 is 1.94 bits per heavy atom. The van der Waals surface area contributed by atoms with Gasteiger partial charge in [-0.3, -0.25) is 0 Å². The zero-order valence-corrected chi connectivity index (χ0v) is 10.9. The van der Waals surface area contributed by atoms with Gasteiger partial charge >= 0.3 is 0 Å². The molecule has 0 atom stereocenters. The van der Waals surface area contributed by atoms with Crippen LogP contribution in [0, 0.1) is 0 Å². The molecule has 0 saturated carbocycles. The highest BCUT2D eigenvalue weighted by Gasteiger charge is 2.20. The lowest BCUT2D eigenvalue weighted by molar-refractivity contribution is 0.478. The minimum absolute atomic E-state index is 0.161. The van der Waals surface area contributed by atoms with Crippen molar-refractivity contribution in [3.05, 3.63) is 24.3 Å². The number of aromatic nitrogens is 1. The topological polar surface area (TPSA) is 24.9 Å². The van der Waals surface area contributed by atoms with Crippen LogP contribution >= 0.6 is 11.3 Å². The molecule has 0 radical (unpaired) electrons. The van der Waals surface area contributed by atoms with E-state index in [1.165, 1.54) is 4.70 Å². The number of nitrogens with one attached hydrogen (secondary N) is 1. The lowest BCUT2D eigenvalue weighted by atomic mass is 9.96. The summed E-state index contributed by atoms with van der Waals surface area (Å²) in [5.41, 5.74) is 1.25. The monoisotopic (exact) mass is 234 g/mol. The Hall–Kier alpha value is -1.09. The van der Waals surface area contributed by atoms with Crippen molar-refractivity contribution in [1.29, 1.82) is 0 Å². The Morgan fingerprint density at radius 1 is 1.25 bits per heavy atom. The Bertz CT molecular complexity index is 438. The lowest BCUT2D eigenvalue weighted by Crippen LogP contribution is -2.32. The predicted molar refractivity (Wildman–Crippen MR) is 72.2 cm³/mol. The number of hydrogen-bond acceptors (Lipinski definition) is 3. The molecule has 1 heterocycles. The van der Waals surface area contributed by atoms with Crippen LogP contribution in [0.15, 0.2) is 24.3 Å². The fourth-order valence-electron chi connectivity index (χ4n) is 1.61. The van der Waals surface area contributed by atoms with E-state index in [1.54, 1.807) is 11.3 Å². The zero-order chi connectivity index (χ0) is 11.6. The maximum atomic E-state index is 4.60. The van der Waals surface area contributed by atoms with Gasteiger partial charge in [0.1, 0.15) is 0 Å². The SMILES string of the molecule is CCC(C)(CC)Nc1nc2ccccc2s1. The van der Waals surface area contributed by atoms with E-state index in [0.717, 1.165) is 23.5 Å². The van der Waals surface area contributed by atoms with Crippen LogP contribution in [0.4, 0.5) is 5.13 Å². The largest absolute Gasteiger partial charge is 0.356 e. The number of thiazole rings is 1. The quantitative estimate of drug-likeness (QED) is 0.853. The van der Waals surface area contributed by atoms with Gasteiger partial charge in [0.2, 0.25) is 0 Å². The van der Waals surface area contributed by atoms with Gasteiger partial charge in [0.15, 0.2) is 5.13 Å². The van der Waals surface area contributed by atoms with Gasteiger partial charge in [-0.25, -0.2) is 4.98 Å². The van der Waals surface area contributed by atoms with E-state index in [4.69, 9.17) is 0 Å². The van der Waals surface area contributed by atoms with E-state index >= 15 is 0 Å². The second-order valence-electron chi connectivity index (χ2n) is 4.38. The number of rotatable bonds is 4. The molecule has 1 N–H and O–H groups in total. The third-order valence-electron chi connectivity index (χ3n) is 3.26. The molecule has 0 fully saturated rings. The fraction of sp³-hybridized carbons (Fsp3) is 0.462. The molecule has 0 aliphatic rings. The second kappa shape index (κ2) is 4.42. The molecule has 0 aliphatic carbocycles. The summed E-state index contributed by atoms with van der Waals surface area (Å²) >= 11 is 1.73. The van der Waals surface area contributed by atoms with Crippen LogP contribution < -0.4 is 5.32 Å². The van der Waals surface area contributed by atoms with E-state index in [-0.39, 0.29) is 5.54 Å². The third-order valence-corrected chi connectivity index (χ3v) is 4.22. The standard InChI is InChI=1S/C13H18N2S/c1-4-13(3,5-2)15-12-14-10-8-6-7-9-11(10)16-12/h6-9H,4-5H2,1-3H3,(H,14,15). The molecule has 3 heteroatoms. The van der Waals surface area contributed by atoms with E-state index in [9.17, 15) is 0 Å². The smallest absolute Gasteiger partial charge is 0.184 e. The van der Waals surface area contributed by atoms with Gasteiger partial charge in [0, 0.05) is 5.54 Å². The Labute approximate surface area is 101 Å². The van der Waals surface area contributed by atoms with Gasteiger partial charge in [-0.15, -0.1) is 0 Å². The van der Waals surface area contributed by atoms with Gasteiger partial charge in [-0.05, 0) is 31.9 Å². The summed E-state index contributed by atoms with van der Waals surface area (Å²) in [6.45, 7) is 6.67. The highest BCUT2D eigenvalue weighted by Crippen LogP contribution is 2.29. The van der Waals surface area contributed by atoms with Crippen molar-refractivity contribution >= 4 is 26.7 Å². The predicted octanol–water partition coefficient (Wildman–Crippen LogP) is 4.29. The maximum Gasteiger partial charge on any atom is 0.184 e. The van der Waals surface area contributed by atoms with E-state index in [0.29, 0.717) is 0 Å². The highest BCUT2D eigenvalue weighted by molar-refractivity contribution is 7.22. The lowest BCUT2D eigenvalue weighted by Gasteiger charge is -2.27. The van der Waals surface area contributed by atoms with Crippen molar-refractivity contribution in [2.24, 2.45) is 0 Å². The first kappa shape index (κ1) is 11.4. The Kier molecular flexibility index (Phi) is 3.15. The fourth-order valence-corrected chi connectivity index (χ4v) is 2.63. The molecule has 2 rings (SSSR count). The Balaban J connectivity index is 2.27. The first-order valence-electron chi connectivity index (χ1n) is 5.80. The Morgan fingerprint density at radius 3 is 2.56 bits per heavy atom. The van der Waals surface area contributed by atoms with Gasteiger partial charge < -0.3 is 5.32 Å². The summed E-state index contributed by atoms with van der Waals surface area (Å²) in [7, 11) is 0. The van der Waals surface area contributed by atoms with Gasteiger partial charge in [0.25, 0.3) is 0 Å². The minimum Gasteiger partial charge on any atom is -0.356 e. The number of hydrogen-bond donors (Lipinski definition) is 1. The zero-order valence-electron chi connectivity index (χ0n) is 10.1. The van der Waals surface area contributed by atoms with Crippen molar-refractivity contribution in [1.82, 2.24) is 4.98 Å². The van der Waals surface area contributed by atoms with Crippen LogP contribution in [0.2, 0.25) is 0 Å². The van der Waals surface area contributed by atoms with Gasteiger partial charge in [0.05, 0.1) is 10.2 Å². The molecule has 16 heavy (non-hydrogen) atoms. The number of para-hydroxylation sites is 1. The number of benzene rings is 1. The first-order valence-corrected chi connectivity index (χ1v) is 6.62. The van der Waals surface area contributed by atoms with E-state index in [1.807, 2.05) is 6.07 Å². The molecular formula is C13H18N2S. The average molecular weight is 234 g/mol. The van der Waals surface area contributed by atoms with Crippen LogP contribution in [0.25, 0.3) is 10.2 Å². The first-order chi connectivity index (χ1) is 7.67. The number of anilines is 1. The molecule has 86 valence electrons. The van der Waals surface area contributed by atoms with Crippen molar-refractivity contribution in [3.63, 3.8) is 0 Å². The van der Waals surface area contributed by atoms with Crippen LogP contribution in [-0.2, 0) is 0 Å². The molecule has 0 unspecified atom stereocenters. The van der Waals surface area contributed by atoms with Crippen molar-refractivity contribution in [2.45, 2.75) is 39.2 Å². The minimum atomic E-state index is 0.161. The van der Waals surface area contributed by atoms with Crippen molar-refractivity contribution in [2.75, 3.05) is 5.32 Å². The third kappa shape index (κ3) is 2.19. The number of fused-ring (bicyclic) bond motifs is 1. The summed E-state index contributed by atoms with van der Waals surface area (Å²) in [4.78, 5) is 4.60. The summed E-state index contributed by atoms with van der Waals surface area (Å²) in [5, 5.41) is 4.59. The second-order valence-corrected chi connectivity index (χ2v) is 5.41. The van der Waals surface area contributed by atoms with Crippen LogP contribution in [0.1, 0.15) is 33.6 Å². The molecular weight excluding hydrogens is 216 g/mol. The summed E-state index contributed by atoms with van der Waals surface area (Å²) in [5.74, 6) is 0. The van der Waals surface area contributed by atoms with E-state index in [2.05, 4.69) is 49.3 Å². The van der Waals surface area contributed by atoms with Crippen LogP contribution in [0.5, 0.6) is 0 Å². The van der Waals surface area contributed by atoms with E-state index < -0.39 is 0 Å². The highest BCUT2D eigenvalue weighted by atomic mass is 32.1. The molecule has 0 amide bonds. The van der Waals surface area contributed by atoms with Gasteiger partial charge in [-0.1, -0.05) is 37.3 Å². The molecule has 0 aliphatic heterocycles. The summed E-state index contributed by atoms with van der Waals surface area (Å²) in [6, 6.07) is 8.27. The van der Waals surface area contributed by atoms with Crippen molar-refractivity contribution in [3.8, 4) is 0 Å². The van der Waals surface area contributed by atoms with Crippen molar-refractivity contribution < 1.29 is 0 Å². The maximum absolute atomic E-state index is 4.60. The number of nitrogens with zero attached hydrogens (tertiary/aromatic N) is 1. The average Bonchev–Trinajstić information content (AvgIpc) is 2.70. The van der Waals surface area contributed by atoms with Crippen LogP contribution in [-0.4, -0.2) is 10.5 Å². The molecule has 0 saturated heterocycles.